The molecule has 0 atom stereocenters. The van der Waals surface area contributed by atoms with Crippen LogP contribution in [0.15, 0.2) is 0 Å². The Morgan fingerprint density at radius 1 is 1.11 bits per heavy atom. The summed E-state index contributed by atoms with van der Waals surface area (Å²) in [5.41, 5.74) is 0. The second kappa shape index (κ2) is 6.70. The lowest BCUT2D eigenvalue weighted by atomic mass is 10.1. The fourth-order valence-electron chi connectivity index (χ4n) is 2.05. The van der Waals surface area contributed by atoms with E-state index < -0.39 is 0 Å². The zero-order valence-corrected chi connectivity index (χ0v) is 11.4. The van der Waals surface area contributed by atoms with Crippen LogP contribution in [0.4, 0.5) is 11.9 Å². The molecule has 6 nitrogen and oxygen atoms in total. The second-order valence-corrected chi connectivity index (χ2v) is 4.67. The van der Waals surface area contributed by atoms with Crippen LogP contribution < -0.4 is 10.6 Å². The maximum absolute atomic E-state index is 5.80. The van der Waals surface area contributed by atoms with Gasteiger partial charge in [0.2, 0.25) is 17.2 Å². The molecule has 0 unspecified atom stereocenters. The highest BCUT2D eigenvalue weighted by Gasteiger charge is 2.09. The molecule has 1 saturated heterocycles. The lowest BCUT2D eigenvalue weighted by molar-refractivity contribution is 0.237. The van der Waals surface area contributed by atoms with Gasteiger partial charge in [0, 0.05) is 20.1 Å². The van der Waals surface area contributed by atoms with E-state index in [1.165, 1.54) is 32.4 Å². The number of halogens is 1. The SMILES string of the molecule is CNc1nc(Cl)nc(NCCN2CCCCC2)n1. The van der Waals surface area contributed by atoms with Crippen LogP contribution in [-0.4, -0.2) is 53.1 Å². The van der Waals surface area contributed by atoms with E-state index in [1.807, 2.05) is 0 Å². The molecule has 1 fully saturated rings. The van der Waals surface area contributed by atoms with Crippen molar-refractivity contribution in [3.05, 3.63) is 5.28 Å². The summed E-state index contributed by atoms with van der Waals surface area (Å²) < 4.78 is 0. The summed E-state index contributed by atoms with van der Waals surface area (Å²) in [5, 5.41) is 6.23. The molecule has 1 aromatic rings. The highest BCUT2D eigenvalue weighted by molar-refractivity contribution is 6.28. The average Bonchev–Trinajstić information content (AvgIpc) is 2.39. The highest BCUT2D eigenvalue weighted by Crippen LogP contribution is 2.10. The van der Waals surface area contributed by atoms with Crippen molar-refractivity contribution in [2.75, 3.05) is 43.9 Å². The first-order chi connectivity index (χ1) is 8.78. The zero-order valence-electron chi connectivity index (χ0n) is 10.6. The number of likely N-dealkylation sites (tertiary alicyclic amines) is 1. The van der Waals surface area contributed by atoms with E-state index in [2.05, 4.69) is 30.5 Å². The third-order valence-corrected chi connectivity index (χ3v) is 3.16. The van der Waals surface area contributed by atoms with Crippen LogP contribution >= 0.6 is 11.6 Å². The van der Waals surface area contributed by atoms with Crippen molar-refractivity contribution in [2.24, 2.45) is 0 Å². The summed E-state index contributed by atoms with van der Waals surface area (Å²) in [4.78, 5) is 14.6. The molecular weight excluding hydrogens is 252 g/mol. The number of aromatic nitrogens is 3. The van der Waals surface area contributed by atoms with Gasteiger partial charge in [-0.25, -0.2) is 0 Å². The van der Waals surface area contributed by atoms with Crippen molar-refractivity contribution >= 4 is 23.5 Å². The highest BCUT2D eigenvalue weighted by atomic mass is 35.5. The van der Waals surface area contributed by atoms with Crippen LogP contribution in [-0.2, 0) is 0 Å². The summed E-state index contributed by atoms with van der Waals surface area (Å²) >= 11 is 5.80. The zero-order chi connectivity index (χ0) is 12.8. The minimum atomic E-state index is 0.204. The summed E-state index contributed by atoms with van der Waals surface area (Å²) in [5.74, 6) is 1.01. The largest absolute Gasteiger partial charge is 0.357 e. The minimum Gasteiger partial charge on any atom is -0.357 e. The quantitative estimate of drug-likeness (QED) is 0.845. The Bertz CT molecular complexity index is 380. The molecule has 0 aliphatic carbocycles. The number of hydrogen-bond acceptors (Lipinski definition) is 6. The normalized spacial score (nSPS) is 16.6. The molecule has 0 amide bonds. The fourth-order valence-corrected chi connectivity index (χ4v) is 2.21. The van der Waals surface area contributed by atoms with E-state index in [0.717, 1.165) is 13.1 Å². The van der Waals surface area contributed by atoms with Gasteiger partial charge in [-0.15, -0.1) is 0 Å². The predicted molar refractivity (Wildman–Crippen MR) is 73.2 cm³/mol. The molecule has 2 rings (SSSR count). The Morgan fingerprint density at radius 3 is 2.56 bits per heavy atom. The van der Waals surface area contributed by atoms with Gasteiger partial charge in [0.15, 0.2) is 0 Å². The Hall–Kier alpha value is -1.14. The smallest absolute Gasteiger partial charge is 0.228 e. The van der Waals surface area contributed by atoms with Gasteiger partial charge >= 0.3 is 0 Å². The number of rotatable bonds is 5. The Labute approximate surface area is 112 Å². The number of nitrogens with one attached hydrogen (secondary N) is 2. The molecule has 7 heteroatoms. The van der Waals surface area contributed by atoms with Gasteiger partial charge in [-0.2, -0.15) is 15.0 Å². The van der Waals surface area contributed by atoms with E-state index in [0.29, 0.717) is 11.9 Å². The first-order valence-electron chi connectivity index (χ1n) is 6.33. The van der Waals surface area contributed by atoms with Crippen LogP contribution in [0.1, 0.15) is 19.3 Å². The number of hydrogen-bond donors (Lipinski definition) is 2. The number of nitrogens with zero attached hydrogens (tertiary/aromatic N) is 4. The van der Waals surface area contributed by atoms with Crippen LogP contribution in [0, 0.1) is 0 Å². The molecular formula is C11H19ClN6. The van der Waals surface area contributed by atoms with Crippen LogP contribution in [0.25, 0.3) is 0 Å². The lowest BCUT2D eigenvalue weighted by Gasteiger charge is -2.26. The van der Waals surface area contributed by atoms with Crippen LogP contribution in [0.2, 0.25) is 5.28 Å². The van der Waals surface area contributed by atoms with E-state index in [4.69, 9.17) is 11.6 Å². The monoisotopic (exact) mass is 270 g/mol. The van der Waals surface area contributed by atoms with Gasteiger partial charge in [-0.05, 0) is 37.5 Å². The molecule has 0 saturated carbocycles. The first-order valence-corrected chi connectivity index (χ1v) is 6.71. The van der Waals surface area contributed by atoms with E-state index in [1.54, 1.807) is 7.05 Å². The number of anilines is 2. The maximum Gasteiger partial charge on any atom is 0.228 e. The summed E-state index contributed by atoms with van der Waals surface area (Å²) in [7, 11) is 1.75. The van der Waals surface area contributed by atoms with E-state index in [9.17, 15) is 0 Å². The molecule has 0 spiro atoms. The van der Waals surface area contributed by atoms with Crippen LogP contribution in [0.3, 0.4) is 0 Å². The minimum absolute atomic E-state index is 0.204. The summed E-state index contributed by atoms with van der Waals surface area (Å²) in [6, 6.07) is 0. The van der Waals surface area contributed by atoms with Gasteiger partial charge in [0.1, 0.15) is 0 Å². The van der Waals surface area contributed by atoms with Gasteiger partial charge in [0.05, 0.1) is 0 Å². The fraction of sp³-hybridized carbons (Fsp3) is 0.727. The molecule has 1 aromatic heterocycles. The molecule has 0 bridgehead atoms. The molecule has 2 N–H and O–H groups in total. The van der Waals surface area contributed by atoms with E-state index in [-0.39, 0.29) is 5.28 Å². The standard InChI is InChI=1S/C11H19ClN6/c1-13-10-15-9(12)16-11(17-10)14-5-8-18-6-3-2-4-7-18/h2-8H2,1H3,(H2,13,14,15,16,17). The summed E-state index contributed by atoms with van der Waals surface area (Å²) in [6.07, 6.45) is 3.97. The van der Waals surface area contributed by atoms with Gasteiger partial charge in [-0.1, -0.05) is 6.42 Å². The molecule has 100 valence electrons. The van der Waals surface area contributed by atoms with E-state index >= 15 is 0 Å². The number of piperidine rings is 1. The third kappa shape index (κ3) is 3.96. The van der Waals surface area contributed by atoms with Crippen molar-refractivity contribution in [1.82, 2.24) is 19.9 Å². The molecule has 0 radical (unpaired) electrons. The third-order valence-electron chi connectivity index (χ3n) is 2.99. The molecule has 0 aromatic carbocycles. The molecule has 18 heavy (non-hydrogen) atoms. The van der Waals surface area contributed by atoms with Gasteiger partial charge < -0.3 is 15.5 Å². The second-order valence-electron chi connectivity index (χ2n) is 4.33. The predicted octanol–water partition coefficient (Wildman–Crippen LogP) is 1.46. The Morgan fingerprint density at radius 2 is 1.83 bits per heavy atom. The molecule has 1 aliphatic rings. The van der Waals surface area contributed by atoms with Gasteiger partial charge in [0.25, 0.3) is 0 Å². The van der Waals surface area contributed by atoms with Crippen molar-refractivity contribution in [3.8, 4) is 0 Å². The molecule has 1 aliphatic heterocycles. The lowest BCUT2D eigenvalue weighted by Crippen LogP contribution is -2.33. The Kier molecular flexibility index (Phi) is 4.95. The van der Waals surface area contributed by atoms with Gasteiger partial charge in [-0.3, -0.25) is 0 Å². The Balaban J connectivity index is 1.80. The van der Waals surface area contributed by atoms with Crippen molar-refractivity contribution < 1.29 is 0 Å². The average molecular weight is 271 g/mol. The first kappa shape index (κ1) is 13.3. The molecule has 2 heterocycles. The maximum atomic E-state index is 5.80. The summed E-state index contributed by atoms with van der Waals surface area (Å²) in [6.45, 7) is 4.23. The van der Waals surface area contributed by atoms with Crippen molar-refractivity contribution in [1.29, 1.82) is 0 Å². The van der Waals surface area contributed by atoms with Crippen molar-refractivity contribution in [2.45, 2.75) is 19.3 Å². The van der Waals surface area contributed by atoms with Crippen LogP contribution in [0.5, 0.6) is 0 Å². The topological polar surface area (TPSA) is 66.0 Å². The van der Waals surface area contributed by atoms with Crippen molar-refractivity contribution in [3.63, 3.8) is 0 Å².